The Morgan fingerprint density at radius 1 is 0.788 bits per heavy atom. The van der Waals surface area contributed by atoms with Crippen LogP contribution < -0.4 is 27.0 Å². The van der Waals surface area contributed by atoms with Crippen molar-refractivity contribution in [1.29, 1.82) is 0 Å². The summed E-state index contributed by atoms with van der Waals surface area (Å²) in [6, 6.07) is -4.78. The van der Waals surface area contributed by atoms with Gasteiger partial charge in [-0.3, -0.25) is 24.0 Å². The van der Waals surface area contributed by atoms with E-state index in [1.807, 2.05) is 0 Å². The van der Waals surface area contributed by atoms with Crippen molar-refractivity contribution in [2.24, 2.45) is 11.7 Å². The molecule has 0 heterocycles. The van der Waals surface area contributed by atoms with Crippen LogP contribution in [0.2, 0.25) is 0 Å². The summed E-state index contributed by atoms with van der Waals surface area (Å²) in [6.07, 6.45) is 0.741. The first-order valence-corrected chi connectivity index (χ1v) is 10.6. The van der Waals surface area contributed by atoms with Crippen LogP contribution >= 0.6 is 0 Å². The third-order valence-electron chi connectivity index (χ3n) is 4.63. The minimum atomic E-state index is -1.67. The molecule has 4 amide bonds. The second-order valence-corrected chi connectivity index (χ2v) is 8.00. The number of carbonyl (C=O) groups is 6. The SMILES string of the molecule is CC(=O)N[C@@H](CCCCN)C(=O)N[C@H](C)C(=O)N[C@@H](C(=O)N[C@@H](CC(=O)O)C(=O)O)C(C)C. The molecule has 0 rings (SSSR count). The summed E-state index contributed by atoms with van der Waals surface area (Å²) in [5.41, 5.74) is 5.44. The van der Waals surface area contributed by atoms with E-state index in [0.717, 1.165) is 0 Å². The summed E-state index contributed by atoms with van der Waals surface area (Å²) in [6.45, 7) is 6.29. The van der Waals surface area contributed by atoms with Crippen molar-refractivity contribution in [2.75, 3.05) is 6.54 Å². The van der Waals surface area contributed by atoms with Gasteiger partial charge < -0.3 is 37.2 Å². The molecular weight excluding hydrogens is 438 g/mol. The Morgan fingerprint density at radius 2 is 1.39 bits per heavy atom. The third-order valence-corrected chi connectivity index (χ3v) is 4.63. The largest absolute Gasteiger partial charge is 0.481 e. The van der Waals surface area contributed by atoms with Crippen LogP contribution in [0.3, 0.4) is 0 Å². The summed E-state index contributed by atoms with van der Waals surface area (Å²) >= 11 is 0. The lowest BCUT2D eigenvalue weighted by Crippen LogP contribution is -2.58. The molecule has 13 nitrogen and oxygen atoms in total. The highest BCUT2D eigenvalue weighted by Gasteiger charge is 2.31. The Bertz CT molecular complexity index is 727. The molecule has 0 spiro atoms. The molecule has 0 aromatic carbocycles. The predicted molar refractivity (Wildman–Crippen MR) is 117 cm³/mol. The van der Waals surface area contributed by atoms with Crippen LogP contribution in [-0.4, -0.2) is 76.5 Å². The lowest BCUT2D eigenvalue weighted by atomic mass is 10.0. The molecule has 8 N–H and O–H groups in total. The van der Waals surface area contributed by atoms with Crippen molar-refractivity contribution in [3.05, 3.63) is 0 Å². The minimum absolute atomic E-state index is 0.328. The van der Waals surface area contributed by atoms with Gasteiger partial charge in [0.1, 0.15) is 24.2 Å². The van der Waals surface area contributed by atoms with Gasteiger partial charge in [-0.2, -0.15) is 0 Å². The minimum Gasteiger partial charge on any atom is -0.481 e. The topological polar surface area (TPSA) is 217 Å². The fourth-order valence-electron chi connectivity index (χ4n) is 2.84. The van der Waals surface area contributed by atoms with Gasteiger partial charge in [-0.05, 0) is 38.6 Å². The summed E-state index contributed by atoms with van der Waals surface area (Å²) in [5.74, 6) is -5.99. The third kappa shape index (κ3) is 11.8. The zero-order valence-electron chi connectivity index (χ0n) is 19.3. The van der Waals surface area contributed by atoms with Gasteiger partial charge in [0.15, 0.2) is 0 Å². The molecule has 33 heavy (non-hydrogen) atoms. The maximum Gasteiger partial charge on any atom is 0.326 e. The van der Waals surface area contributed by atoms with Gasteiger partial charge in [-0.25, -0.2) is 4.79 Å². The molecule has 0 fully saturated rings. The fourth-order valence-corrected chi connectivity index (χ4v) is 2.84. The average Bonchev–Trinajstić information content (AvgIpc) is 2.69. The van der Waals surface area contributed by atoms with Crippen LogP contribution in [0.5, 0.6) is 0 Å². The van der Waals surface area contributed by atoms with Gasteiger partial charge in [0, 0.05) is 6.92 Å². The first-order valence-electron chi connectivity index (χ1n) is 10.6. The van der Waals surface area contributed by atoms with Crippen LogP contribution in [0.4, 0.5) is 0 Å². The van der Waals surface area contributed by atoms with E-state index < -0.39 is 72.1 Å². The molecule has 0 aliphatic rings. The van der Waals surface area contributed by atoms with Crippen LogP contribution in [0.15, 0.2) is 0 Å². The van der Waals surface area contributed by atoms with Crippen molar-refractivity contribution >= 4 is 35.6 Å². The molecule has 0 aliphatic heterocycles. The number of carboxylic acid groups (broad SMARTS) is 2. The van der Waals surface area contributed by atoms with E-state index in [1.54, 1.807) is 13.8 Å². The fraction of sp³-hybridized carbons (Fsp3) is 0.700. The smallest absolute Gasteiger partial charge is 0.326 e. The number of unbranched alkanes of at least 4 members (excludes halogenated alkanes) is 1. The lowest BCUT2D eigenvalue weighted by Gasteiger charge is -2.26. The number of hydrogen-bond acceptors (Lipinski definition) is 7. The van der Waals surface area contributed by atoms with Crippen LogP contribution in [0, 0.1) is 5.92 Å². The van der Waals surface area contributed by atoms with E-state index in [4.69, 9.17) is 15.9 Å². The Hall–Kier alpha value is -3.22. The quantitative estimate of drug-likeness (QED) is 0.135. The zero-order chi connectivity index (χ0) is 25.7. The van der Waals surface area contributed by atoms with Gasteiger partial charge >= 0.3 is 11.9 Å². The summed E-state index contributed by atoms with van der Waals surface area (Å²) < 4.78 is 0. The van der Waals surface area contributed by atoms with Gasteiger partial charge in [0.2, 0.25) is 23.6 Å². The molecule has 0 radical (unpaired) electrons. The van der Waals surface area contributed by atoms with Crippen LogP contribution in [-0.2, 0) is 28.8 Å². The molecule has 188 valence electrons. The van der Waals surface area contributed by atoms with Crippen molar-refractivity contribution in [1.82, 2.24) is 21.3 Å². The van der Waals surface area contributed by atoms with E-state index in [1.165, 1.54) is 13.8 Å². The van der Waals surface area contributed by atoms with E-state index in [9.17, 15) is 28.8 Å². The van der Waals surface area contributed by atoms with Crippen molar-refractivity contribution in [3.63, 3.8) is 0 Å². The molecule has 0 bridgehead atoms. The van der Waals surface area contributed by atoms with E-state index in [-0.39, 0.29) is 0 Å². The number of amides is 4. The maximum atomic E-state index is 12.6. The first kappa shape index (κ1) is 29.8. The standard InChI is InChI=1S/C20H35N5O8/c1-10(2)16(19(31)24-14(20(32)33)9-15(27)28)25-17(29)11(3)22-18(30)13(23-12(4)26)7-5-6-8-21/h10-11,13-14,16H,5-9,21H2,1-4H3,(H,22,30)(H,23,26)(H,24,31)(H,25,29)(H,27,28)(H,32,33)/t11-,13+,14+,16-/m1/s1. The van der Waals surface area contributed by atoms with Crippen molar-refractivity contribution in [2.45, 2.75) is 77.5 Å². The molecule has 13 heteroatoms. The Kier molecular flexibility index (Phi) is 13.3. The molecule has 0 unspecified atom stereocenters. The maximum absolute atomic E-state index is 12.6. The molecule has 4 atom stereocenters. The van der Waals surface area contributed by atoms with E-state index in [0.29, 0.717) is 25.8 Å². The zero-order valence-corrected chi connectivity index (χ0v) is 19.3. The highest BCUT2D eigenvalue weighted by atomic mass is 16.4. The Labute approximate surface area is 192 Å². The van der Waals surface area contributed by atoms with E-state index in [2.05, 4.69) is 21.3 Å². The van der Waals surface area contributed by atoms with Gasteiger partial charge in [-0.15, -0.1) is 0 Å². The van der Waals surface area contributed by atoms with Gasteiger partial charge in [0.05, 0.1) is 6.42 Å². The monoisotopic (exact) mass is 473 g/mol. The Balaban J connectivity index is 5.17. The number of hydrogen-bond donors (Lipinski definition) is 7. The Morgan fingerprint density at radius 3 is 1.85 bits per heavy atom. The number of rotatable bonds is 15. The summed E-state index contributed by atoms with van der Waals surface area (Å²) in [7, 11) is 0. The molecule has 0 aliphatic carbocycles. The molecule has 0 aromatic heterocycles. The number of carboxylic acids is 2. The number of nitrogens with one attached hydrogen (secondary N) is 4. The summed E-state index contributed by atoms with van der Waals surface area (Å²) in [5, 5.41) is 27.4. The average molecular weight is 474 g/mol. The second-order valence-electron chi connectivity index (χ2n) is 8.00. The van der Waals surface area contributed by atoms with Crippen molar-refractivity contribution in [3.8, 4) is 0 Å². The van der Waals surface area contributed by atoms with Crippen molar-refractivity contribution < 1.29 is 39.0 Å². The normalized spacial score (nSPS) is 14.4. The molecule has 0 aromatic rings. The predicted octanol–water partition coefficient (Wildman–Crippen LogP) is -1.69. The highest BCUT2D eigenvalue weighted by molar-refractivity contribution is 5.95. The number of carbonyl (C=O) groups excluding carboxylic acids is 4. The molecule has 0 saturated carbocycles. The molecule has 0 saturated heterocycles. The van der Waals surface area contributed by atoms with Crippen LogP contribution in [0.1, 0.15) is 53.4 Å². The summed E-state index contributed by atoms with van der Waals surface area (Å²) in [4.78, 5) is 71.0. The molecular formula is C20H35N5O8. The number of nitrogens with two attached hydrogens (primary N) is 1. The van der Waals surface area contributed by atoms with Gasteiger partial charge in [0.25, 0.3) is 0 Å². The van der Waals surface area contributed by atoms with Crippen LogP contribution in [0.25, 0.3) is 0 Å². The van der Waals surface area contributed by atoms with E-state index >= 15 is 0 Å². The first-order chi connectivity index (χ1) is 15.3. The lowest BCUT2D eigenvalue weighted by molar-refractivity contribution is -0.147. The second kappa shape index (κ2) is 14.8. The highest BCUT2D eigenvalue weighted by Crippen LogP contribution is 2.06. The number of aliphatic carboxylic acids is 2. The van der Waals surface area contributed by atoms with Gasteiger partial charge in [-0.1, -0.05) is 13.8 Å².